The first-order valence-electron chi connectivity index (χ1n) is 6.63. The average molecular weight is 357 g/mol. The Labute approximate surface area is 131 Å². The number of hydrogen-bond acceptors (Lipinski definition) is 3. The summed E-state index contributed by atoms with van der Waals surface area (Å²) >= 11 is 3.34. The summed E-state index contributed by atoms with van der Waals surface area (Å²) < 4.78 is 5.97. The predicted octanol–water partition coefficient (Wildman–Crippen LogP) is 2.79. The van der Waals surface area contributed by atoms with Crippen LogP contribution in [0.15, 0.2) is 22.7 Å². The van der Waals surface area contributed by atoms with E-state index in [-0.39, 0.29) is 12.6 Å². The number of amides is 2. The van der Waals surface area contributed by atoms with Crippen LogP contribution in [0.5, 0.6) is 5.75 Å². The highest BCUT2D eigenvalue weighted by Crippen LogP contribution is 2.28. The fourth-order valence-corrected chi connectivity index (χ4v) is 2.71. The monoisotopic (exact) mass is 356 g/mol. The van der Waals surface area contributed by atoms with Gasteiger partial charge in [-0.15, -0.1) is 0 Å². The Balaban J connectivity index is 2.02. The van der Waals surface area contributed by atoms with Gasteiger partial charge in [-0.25, -0.2) is 4.79 Å². The maximum Gasteiger partial charge on any atom is 0.321 e. The minimum absolute atomic E-state index is 0.245. The van der Waals surface area contributed by atoms with E-state index in [1.807, 2.05) is 0 Å². The van der Waals surface area contributed by atoms with E-state index in [0.717, 1.165) is 4.47 Å². The molecule has 7 heteroatoms. The number of ether oxygens (including phenoxy) is 1. The molecule has 6 nitrogen and oxygen atoms in total. The van der Waals surface area contributed by atoms with Crippen molar-refractivity contribution in [3.05, 3.63) is 22.7 Å². The Kier molecular flexibility index (Phi) is 5.06. The third-order valence-electron chi connectivity index (χ3n) is 3.46. The Morgan fingerprint density at radius 3 is 2.90 bits per heavy atom. The molecule has 1 unspecified atom stereocenters. The van der Waals surface area contributed by atoms with Crippen LogP contribution >= 0.6 is 15.9 Å². The number of rotatable bonds is 3. The predicted molar refractivity (Wildman–Crippen MR) is 81.6 cm³/mol. The SMILES string of the molecule is COc1cc(NC(=O)N2CCCC(C(=O)O)C2)ccc1Br. The largest absolute Gasteiger partial charge is 0.495 e. The number of piperidine rings is 1. The summed E-state index contributed by atoms with van der Waals surface area (Å²) in [7, 11) is 1.55. The topological polar surface area (TPSA) is 78.9 Å². The van der Waals surface area contributed by atoms with Crippen LogP contribution in [-0.4, -0.2) is 42.2 Å². The molecule has 1 fully saturated rings. The standard InChI is InChI=1S/C14H17BrN2O4/c1-21-12-7-10(4-5-11(12)15)16-14(20)17-6-2-3-9(8-17)13(18)19/h4-5,7,9H,2-3,6,8H2,1H3,(H,16,20)(H,18,19). The van der Waals surface area contributed by atoms with Crippen molar-refractivity contribution >= 4 is 33.6 Å². The van der Waals surface area contributed by atoms with Gasteiger partial charge in [-0.1, -0.05) is 0 Å². The summed E-state index contributed by atoms with van der Waals surface area (Å²) in [5, 5.41) is 11.8. The Morgan fingerprint density at radius 2 is 2.24 bits per heavy atom. The Morgan fingerprint density at radius 1 is 1.48 bits per heavy atom. The number of methoxy groups -OCH3 is 1. The number of aliphatic carboxylic acids is 1. The molecule has 1 heterocycles. The number of benzene rings is 1. The number of anilines is 1. The number of hydrogen-bond donors (Lipinski definition) is 2. The van der Waals surface area contributed by atoms with Crippen molar-refractivity contribution in [1.29, 1.82) is 0 Å². The van der Waals surface area contributed by atoms with Gasteiger partial charge in [0.1, 0.15) is 5.75 Å². The second-order valence-electron chi connectivity index (χ2n) is 4.90. The summed E-state index contributed by atoms with van der Waals surface area (Å²) in [5.74, 6) is -0.711. The van der Waals surface area contributed by atoms with E-state index in [0.29, 0.717) is 30.8 Å². The molecule has 114 valence electrons. The molecule has 1 aliphatic heterocycles. The molecule has 1 atom stereocenters. The van der Waals surface area contributed by atoms with Crippen LogP contribution in [0.2, 0.25) is 0 Å². The maximum absolute atomic E-state index is 12.2. The van der Waals surface area contributed by atoms with Crippen LogP contribution in [-0.2, 0) is 4.79 Å². The van der Waals surface area contributed by atoms with Crippen LogP contribution in [0.4, 0.5) is 10.5 Å². The fourth-order valence-electron chi connectivity index (χ4n) is 2.30. The lowest BCUT2D eigenvalue weighted by Gasteiger charge is -2.30. The molecule has 0 spiro atoms. The molecule has 0 radical (unpaired) electrons. The van der Waals surface area contributed by atoms with Gasteiger partial charge < -0.3 is 20.1 Å². The summed E-state index contributed by atoms with van der Waals surface area (Å²) in [4.78, 5) is 24.7. The zero-order valence-corrected chi connectivity index (χ0v) is 13.2. The van der Waals surface area contributed by atoms with E-state index < -0.39 is 11.9 Å². The number of urea groups is 1. The molecule has 0 saturated carbocycles. The number of carboxylic acids is 1. The van der Waals surface area contributed by atoms with Gasteiger partial charge in [-0.05, 0) is 40.9 Å². The molecule has 1 aromatic rings. The van der Waals surface area contributed by atoms with Gasteiger partial charge in [0.2, 0.25) is 0 Å². The van der Waals surface area contributed by atoms with E-state index in [2.05, 4.69) is 21.2 Å². The van der Waals surface area contributed by atoms with E-state index in [1.54, 1.807) is 25.3 Å². The lowest BCUT2D eigenvalue weighted by Crippen LogP contribution is -2.44. The Bertz CT molecular complexity index is 550. The summed E-state index contributed by atoms with van der Waals surface area (Å²) in [6, 6.07) is 4.96. The number of nitrogens with one attached hydrogen (secondary N) is 1. The van der Waals surface area contributed by atoms with Gasteiger partial charge in [0.25, 0.3) is 0 Å². The number of carboxylic acid groups (broad SMARTS) is 1. The van der Waals surface area contributed by atoms with E-state index >= 15 is 0 Å². The number of likely N-dealkylation sites (tertiary alicyclic amines) is 1. The van der Waals surface area contributed by atoms with Crippen LogP contribution in [0.1, 0.15) is 12.8 Å². The molecule has 0 bridgehead atoms. The van der Waals surface area contributed by atoms with Gasteiger partial charge in [0, 0.05) is 24.8 Å². The zero-order chi connectivity index (χ0) is 15.4. The van der Waals surface area contributed by atoms with Crippen molar-refractivity contribution in [3.8, 4) is 5.75 Å². The van der Waals surface area contributed by atoms with Crippen molar-refractivity contribution in [2.45, 2.75) is 12.8 Å². The average Bonchev–Trinajstić information content (AvgIpc) is 2.49. The molecule has 2 rings (SSSR count). The lowest BCUT2D eigenvalue weighted by atomic mass is 9.99. The lowest BCUT2D eigenvalue weighted by molar-refractivity contribution is -0.143. The third-order valence-corrected chi connectivity index (χ3v) is 4.12. The second kappa shape index (κ2) is 6.80. The van der Waals surface area contributed by atoms with E-state index in [1.165, 1.54) is 4.90 Å². The van der Waals surface area contributed by atoms with Crippen LogP contribution in [0.3, 0.4) is 0 Å². The molecule has 1 saturated heterocycles. The minimum atomic E-state index is -0.849. The van der Waals surface area contributed by atoms with Gasteiger partial charge in [-0.2, -0.15) is 0 Å². The van der Waals surface area contributed by atoms with Crippen LogP contribution < -0.4 is 10.1 Å². The van der Waals surface area contributed by atoms with Crippen molar-refractivity contribution in [2.75, 3.05) is 25.5 Å². The second-order valence-corrected chi connectivity index (χ2v) is 5.76. The number of carbonyl (C=O) groups excluding carboxylic acids is 1. The molecular formula is C14H17BrN2O4. The third kappa shape index (κ3) is 3.87. The molecule has 1 aliphatic rings. The highest BCUT2D eigenvalue weighted by molar-refractivity contribution is 9.10. The molecule has 21 heavy (non-hydrogen) atoms. The maximum atomic E-state index is 12.2. The number of nitrogens with zero attached hydrogens (tertiary/aromatic N) is 1. The van der Waals surface area contributed by atoms with Crippen molar-refractivity contribution in [3.63, 3.8) is 0 Å². The first kappa shape index (κ1) is 15.6. The molecule has 2 N–H and O–H groups in total. The van der Waals surface area contributed by atoms with E-state index in [4.69, 9.17) is 9.84 Å². The zero-order valence-electron chi connectivity index (χ0n) is 11.6. The van der Waals surface area contributed by atoms with Gasteiger partial charge in [-0.3, -0.25) is 4.79 Å². The van der Waals surface area contributed by atoms with Crippen molar-refractivity contribution in [1.82, 2.24) is 4.90 Å². The number of halogens is 1. The molecule has 0 aliphatic carbocycles. The summed E-state index contributed by atoms with van der Waals surface area (Å²) in [6.45, 7) is 0.818. The molecule has 1 aromatic carbocycles. The highest BCUT2D eigenvalue weighted by Gasteiger charge is 2.28. The number of carbonyl (C=O) groups is 2. The first-order chi connectivity index (χ1) is 10.0. The quantitative estimate of drug-likeness (QED) is 0.872. The van der Waals surface area contributed by atoms with Gasteiger partial charge in [0.15, 0.2) is 0 Å². The summed E-state index contributed by atoms with van der Waals surface area (Å²) in [5.41, 5.74) is 0.609. The Hall–Kier alpha value is -1.76. The highest BCUT2D eigenvalue weighted by atomic mass is 79.9. The van der Waals surface area contributed by atoms with Gasteiger partial charge >= 0.3 is 12.0 Å². The fraction of sp³-hybridized carbons (Fsp3) is 0.429. The van der Waals surface area contributed by atoms with Gasteiger partial charge in [0.05, 0.1) is 17.5 Å². The normalized spacial score (nSPS) is 18.2. The van der Waals surface area contributed by atoms with Crippen molar-refractivity contribution < 1.29 is 19.4 Å². The molecule has 0 aromatic heterocycles. The van der Waals surface area contributed by atoms with E-state index in [9.17, 15) is 9.59 Å². The smallest absolute Gasteiger partial charge is 0.321 e. The van der Waals surface area contributed by atoms with Crippen molar-refractivity contribution in [2.24, 2.45) is 5.92 Å². The molecule has 2 amide bonds. The summed E-state index contributed by atoms with van der Waals surface area (Å²) in [6.07, 6.45) is 1.32. The minimum Gasteiger partial charge on any atom is -0.495 e. The van der Waals surface area contributed by atoms with Crippen LogP contribution in [0.25, 0.3) is 0 Å². The first-order valence-corrected chi connectivity index (χ1v) is 7.43. The molecular weight excluding hydrogens is 340 g/mol. The van der Waals surface area contributed by atoms with Crippen LogP contribution in [0, 0.1) is 5.92 Å².